The van der Waals surface area contributed by atoms with Crippen LogP contribution in [0.2, 0.25) is 0 Å². The molecule has 0 aliphatic carbocycles. The number of para-hydroxylation sites is 1. The van der Waals surface area contributed by atoms with Crippen molar-refractivity contribution in [1.82, 2.24) is 15.0 Å². The molecular formula is C15H10BrN3O2. The molecule has 1 aromatic heterocycles. The minimum absolute atomic E-state index is 0.0472. The predicted molar refractivity (Wildman–Crippen MR) is 83.5 cm³/mol. The molecule has 0 bridgehead atoms. The van der Waals surface area contributed by atoms with Crippen molar-refractivity contribution < 1.29 is 9.90 Å². The molecule has 6 heteroatoms. The van der Waals surface area contributed by atoms with Crippen LogP contribution in [0, 0.1) is 0 Å². The van der Waals surface area contributed by atoms with Crippen molar-refractivity contribution in [3.63, 3.8) is 0 Å². The lowest BCUT2D eigenvalue weighted by Crippen LogP contribution is -2.09. The highest BCUT2D eigenvalue weighted by atomic mass is 79.9. The highest BCUT2D eigenvalue weighted by Crippen LogP contribution is 2.19. The van der Waals surface area contributed by atoms with Gasteiger partial charge in [0, 0.05) is 4.47 Å². The van der Waals surface area contributed by atoms with Gasteiger partial charge in [-0.3, -0.25) is 0 Å². The second-order valence-corrected chi connectivity index (χ2v) is 5.29. The van der Waals surface area contributed by atoms with Crippen LogP contribution in [0.3, 0.4) is 0 Å². The largest absolute Gasteiger partial charge is 0.477 e. The van der Waals surface area contributed by atoms with Crippen LogP contribution in [0.1, 0.15) is 5.56 Å². The molecule has 0 fully saturated rings. The van der Waals surface area contributed by atoms with E-state index < -0.39 is 5.97 Å². The first-order valence-corrected chi connectivity index (χ1v) is 6.96. The summed E-state index contributed by atoms with van der Waals surface area (Å²) in [5.74, 6) is -1.06. The maximum atomic E-state index is 11.5. The summed E-state index contributed by atoms with van der Waals surface area (Å²) in [4.78, 5) is 11.5. The number of aliphatic carboxylic acids is 1. The van der Waals surface area contributed by atoms with Gasteiger partial charge in [0.05, 0.1) is 5.52 Å². The van der Waals surface area contributed by atoms with Crippen LogP contribution in [0.15, 0.2) is 53.0 Å². The third-order valence-corrected chi connectivity index (χ3v) is 3.50. The van der Waals surface area contributed by atoms with Gasteiger partial charge in [-0.1, -0.05) is 45.4 Å². The van der Waals surface area contributed by atoms with Gasteiger partial charge in [-0.15, -0.1) is 5.10 Å². The highest BCUT2D eigenvalue weighted by Gasteiger charge is 2.15. The lowest BCUT2D eigenvalue weighted by Gasteiger charge is -2.03. The molecule has 3 aromatic rings. The number of nitrogens with zero attached hydrogens (tertiary/aromatic N) is 3. The van der Waals surface area contributed by atoms with Crippen molar-refractivity contribution in [2.75, 3.05) is 0 Å². The van der Waals surface area contributed by atoms with Crippen LogP contribution >= 0.6 is 15.9 Å². The minimum atomic E-state index is -1.06. The zero-order valence-corrected chi connectivity index (χ0v) is 12.4. The zero-order chi connectivity index (χ0) is 14.8. The number of rotatable bonds is 3. The Balaban J connectivity index is 2.14. The summed E-state index contributed by atoms with van der Waals surface area (Å²) in [6.07, 6.45) is 1.57. The van der Waals surface area contributed by atoms with Gasteiger partial charge in [0.25, 0.3) is 0 Å². The molecule has 1 heterocycles. The predicted octanol–water partition coefficient (Wildman–Crippen LogP) is 3.28. The normalized spacial score (nSPS) is 11.8. The summed E-state index contributed by atoms with van der Waals surface area (Å²) in [6, 6.07) is 14.6. The fraction of sp³-hybridized carbons (Fsp3) is 0. The minimum Gasteiger partial charge on any atom is -0.477 e. The number of hydrogen-bond donors (Lipinski definition) is 1. The average molecular weight is 344 g/mol. The third-order valence-electron chi connectivity index (χ3n) is 2.97. The molecule has 0 unspecified atom stereocenters. The van der Waals surface area contributed by atoms with Crippen molar-refractivity contribution >= 4 is 44.7 Å². The Hall–Kier alpha value is -2.47. The van der Waals surface area contributed by atoms with E-state index in [1.807, 2.05) is 36.4 Å². The Morgan fingerprint density at radius 2 is 1.86 bits per heavy atom. The van der Waals surface area contributed by atoms with Crippen molar-refractivity contribution in [2.24, 2.45) is 0 Å². The molecule has 0 aliphatic rings. The van der Waals surface area contributed by atoms with E-state index in [1.165, 1.54) is 4.68 Å². The van der Waals surface area contributed by atoms with Crippen molar-refractivity contribution in [2.45, 2.75) is 0 Å². The van der Waals surface area contributed by atoms with E-state index in [0.717, 1.165) is 10.0 Å². The summed E-state index contributed by atoms with van der Waals surface area (Å²) in [5, 5.41) is 17.4. The summed E-state index contributed by atoms with van der Waals surface area (Å²) in [7, 11) is 0. The van der Waals surface area contributed by atoms with Crippen molar-refractivity contribution in [3.8, 4) is 0 Å². The number of carboxylic acid groups (broad SMARTS) is 1. The van der Waals surface area contributed by atoms with Gasteiger partial charge < -0.3 is 5.11 Å². The number of benzene rings is 2. The molecule has 2 aromatic carbocycles. The fourth-order valence-corrected chi connectivity index (χ4v) is 2.24. The molecule has 0 amide bonds. The molecule has 0 saturated carbocycles. The van der Waals surface area contributed by atoms with E-state index in [1.54, 1.807) is 18.2 Å². The second kappa shape index (κ2) is 5.49. The molecular weight excluding hydrogens is 334 g/mol. The summed E-state index contributed by atoms with van der Waals surface area (Å²) in [6.45, 7) is 0. The first-order valence-electron chi connectivity index (χ1n) is 6.16. The Morgan fingerprint density at radius 3 is 2.57 bits per heavy atom. The Kier molecular flexibility index (Phi) is 3.53. The number of carboxylic acids is 1. The number of halogens is 1. The van der Waals surface area contributed by atoms with Gasteiger partial charge >= 0.3 is 5.97 Å². The summed E-state index contributed by atoms with van der Waals surface area (Å²) < 4.78 is 2.27. The molecule has 0 spiro atoms. The molecule has 5 nitrogen and oxygen atoms in total. The standard InChI is InChI=1S/C15H10BrN3O2/c16-11-7-5-10(6-8-11)9-14(15(20)21)19-13-4-2-1-3-12(13)17-18-19/h1-9H,(H,20,21)/b14-9+. The molecule has 0 radical (unpaired) electrons. The van der Waals surface area contributed by atoms with E-state index in [4.69, 9.17) is 0 Å². The Labute approximate surface area is 128 Å². The van der Waals surface area contributed by atoms with Crippen LogP contribution in [-0.4, -0.2) is 26.1 Å². The molecule has 104 valence electrons. The quantitative estimate of drug-likeness (QED) is 0.741. The third kappa shape index (κ3) is 2.71. The molecule has 21 heavy (non-hydrogen) atoms. The van der Waals surface area contributed by atoms with Gasteiger partial charge in [0.2, 0.25) is 0 Å². The highest BCUT2D eigenvalue weighted by molar-refractivity contribution is 9.10. The maximum absolute atomic E-state index is 11.5. The van der Waals surface area contributed by atoms with E-state index >= 15 is 0 Å². The van der Waals surface area contributed by atoms with Gasteiger partial charge in [0.15, 0.2) is 5.70 Å². The van der Waals surface area contributed by atoms with Gasteiger partial charge in [-0.25, -0.2) is 9.48 Å². The van der Waals surface area contributed by atoms with Crippen LogP contribution in [-0.2, 0) is 4.79 Å². The van der Waals surface area contributed by atoms with Crippen LogP contribution in [0.4, 0.5) is 0 Å². The number of carbonyl (C=O) groups is 1. The van der Waals surface area contributed by atoms with E-state index in [0.29, 0.717) is 11.0 Å². The topological polar surface area (TPSA) is 68.0 Å². The fourth-order valence-electron chi connectivity index (χ4n) is 1.98. The van der Waals surface area contributed by atoms with Crippen LogP contribution < -0.4 is 0 Å². The van der Waals surface area contributed by atoms with Gasteiger partial charge in [-0.05, 0) is 35.9 Å². The summed E-state index contributed by atoms with van der Waals surface area (Å²) >= 11 is 3.35. The van der Waals surface area contributed by atoms with E-state index in [9.17, 15) is 9.90 Å². The maximum Gasteiger partial charge on any atom is 0.354 e. The smallest absolute Gasteiger partial charge is 0.354 e. The molecule has 3 rings (SSSR count). The number of fused-ring (bicyclic) bond motifs is 1. The molecule has 0 aliphatic heterocycles. The average Bonchev–Trinajstić information content (AvgIpc) is 2.90. The van der Waals surface area contributed by atoms with Crippen LogP contribution in [0.25, 0.3) is 22.8 Å². The van der Waals surface area contributed by atoms with E-state index in [-0.39, 0.29) is 5.70 Å². The van der Waals surface area contributed by atoms with Gasteiger partial charge in [-0.2, -0.15) is 0 Å². The Morgan fingerprint density at radius 1 is 1.14 bits per heavy atom. The Bertz CT molecular complexity index is 838. The van der Waals surface area contributed by atoms with Crippen LogP contribution in [0.5, 0.6) is 0 Å². The number of hydrogen-bond acceptors (Lipinski definition) is 3. The second-order valence-electron chi connectivity index (χ2n) is 4.38. The molecule has 0 saturated heterocycles. The first kappa shape index (κ1) is 13.5. The van der Waals surface area contributed by atoms with Crippen molar-refractivity contribution in [3.05, 3.63) is 58.6 Å². The molecule has 1 N–H and O–H groups in total. The van der Waals surface area contributed by atoms with Gasteiger partial charge in [0.1, 0.15) is 5.52 Å². The van der Waals surface area contributed by atoms with Crippen molar-refractivity contribution in [1.29, 1.82) is 0 Å². The number of aromatic nitrogens is 3. The lowest BCUT2D eigenvalue weighted by atomic mass is 10.2. The zero-order valence-electron chi connectivity index (χ0n) is 10.8. The summed E-state index contributed by atoms with van der Waals surface area (Å²) in [5.41, 5.74) is 2.13. The monoisotopic (exact) mass is 343 g/mol. The van der Waals surface area contributed by atoms with E-state index in [2.05, 4.69) is 26.2 Å². The lowest BCUT2D eigenvalue weighted by molar-refractivity contribution is -0.130. The first-order chi connectivity index (χ1) is 10.1. The SMILES string of the molecule is O=C(O)/C(=C\c1ccc(Br)cc1)n1nnc2ccccc21. The molecule has 0 atom stereocenters.